The fourth-order valence-electron chi connectivity index (χ4n) is 2.82. The van der Waals surface area contributed by atoms with Crippen molar-refractivity contribution < 1.29 is 14.3 Å². The molecule has 0 bridgehead atoms. The van der Waals surface area contributed by atoms with Gasteiger partial charge < -0.3 is 20.1 Å². The number of carbonyl (C=O) groups is 1. The number of rotatable bonds is 8. The molecule has 3 aromatic rings. The van der Waals surface area contributed by atoms with Crippen molar-refractivity contribution in [1.82, 2.24) is 15.3 Å². The minimum Gasteiger partial charge on any atom is -0.497 e. The van der Waals surface area contributed by atoms with Crippen LogP contribution in [0.4, 0.5) is 11.6 Å². The van der Waals surface area contributed by atoms with E-state index in [1.165, 1.54) is 5.56 Å². The summed E-state index contributed by atoms with van der Waals surface area (Å²) in [5.74, 6) is 1.34. The van der Waals surface area contributed by atoms with E-state index < -0.39 is 0 Å². The predicted octanol–water partition coefficient (Wildman–Crippen LogP) is 3.52. The molecule has 0 aliphatic heterocycles. The largest absolute Gasteiger partial charge is 0.497 e. The number of methoxy groups -OCH3 is 2. The summed E-state index contributed by atoms with van der Waals surface area (Å²) in [6.45, 7) is 2.35. The maximum atomic E-state index is 12.5. The van der Waals surface area contributed by atoms with Crippen molar-refractivity contribution in [3.05, 3.63) is 71.5 Å². The standard InChI is InChI=1S/C22H24N4O3/c1-15-13-19(21(27)23-12-11-16-7-5-4-6-8-16)26-22(24-15)25-18-10-9-17(28-2)14-20(18)29-3/h4-10,13-14H,11-12H2,1-3H3,(H,23,27)(H,24,25,26). The highest BCUT2D eigenvalue weighted by Crippen LogP contribution is 2.30. The number of aryl methyl sites for hydroxylation is 1. The Kier molecular flexibility index (Phi) is 6.63. The van der Waals surface area contributed by atoms with Crippen molar-refractivity contribution in [1.29, 1.82) is 0 Å². The first-order chi connectivity index (χ1) is 14.1. The van der Waals surface area contributed by atoms with Gasteiger partial charge in [-0.15, -0.1) is 0 Å². The molecule has 7 nitrogen and oxygen atoms in total. The number of ether oxygens (including phenoxy) is 2. The Morgan fingerprint density at radius 2 is 1.79 bits per heavy atom. The van der Waals surface area contributed by atoms with Crippen LogP contribution in [0, 0.1) is 6.92 Å². The highest BCUT2D eigenvalue weighted by molar-refractivity contribution is 5.92. The molecule has 0 atom stereocenters. The molecule has 0 radical (unpaired) electrons. The van der Waals surface area contributed by atoms with Gasteiger partial charge >= 0.3 is 0 Å². The van der Waals surface area contributed by atoms with Crippen LogP contribution in [0.5, 0.6) is 11.5 Å². The quantitative estimate of drug-likeness (QED) is 0.610. The van der Waals surface area contributed by atoms with Crippen molar-refractivity contribution in [3.63, 3.8) is 0 Å². The van der Waals surface area contributed by atoms with E-state index in [9.17, 15) is 4.79 Å². The van der Waals surface area contributed by atoms with Gasteiger partial charge in [0.1, 0.15) is 17.2 Å². The van der Waals surface area contributed by atoms with Crippen LogP contribution in [0.1, 0.15) is 21.7 Å². The van der Waals surface area contributed by atoms with E-state index in [4.69, 9.17) is 9.47 Å². The van der Waals surface area contributed by atoms with Crippen molar-refractivity contribution in [3.8, 4) is 11.5 Å². The number of anilines is 2. The van der Waals surface area contributed by atoms with Gasteiger partial charge in [0.2, 0.25) is 5.95 Å². The van der Waals surface area contributed by atoms with E-state index in [0.29, 0.717) is 41.1 Å². The molecule has 0 fully saturated rings. The summed E-state index contributed by atoms with van der Waals surface area (Å²) < 4.78 is 10.6. The first-order valence-electron chi connectivity index (χ1n) is 9.26. The minimum absolute atomic E-state index is 0.240. The number of benzene rings is 2. The second-order valence-corrected chi connectivity index (χ2v) is 6.40. The van der Waals surface area contributed by atoms with Gasteiger partial charge in [0.15, 0.2) is 0 Å². The highest BCUT2D eigenvalue weighted by Gasteiger charge is 2.12. The Bertz CT molecular complexity index is 977. The fourth-order valence-corrected chi connectivity index (χ4v) is 2.82. The lowest BCUT2D eigenvalue weighted by Crippen LogP contribution is -2.27. The lowest BCUT2D eigenvalue weighted by atomic mass is 10.1. The summed E-state index contributed by atoms with van der Waals surface area (Å²) in [5, 5.41) is 6.02. The highest BCUT2D eigenvalue weighted by atomic mass is 16.5. The van der Waals surface area contributed by atoms with Gasteiger partial charge in [0.05, 0.1) is 19.9 Å². The maximum absolute atomic E-state index is 12.5. The first-order valence-corrected chi connectivity index (χ1v) is 9.26. The van der Waals surface area contributed by atoms with Crippen molar-refractivity contribution in [2.24, 2.45) is 0 Å². The molecule has 0 saturated heterocycles. The summed E-state index contributed by atoms with van der Waals surface area (Å²) in [6, 6.07) is 17.0. The van der Waals surface area contributed by atoms with Crippen LogP contribution in [0.3, 0.4) is 0 Å². The molecule has 7 heteroatoms. The van der Waals surface area contributed by atoms with Crippen LogP contribution >= 0.6 is 0 Å². The van der Waals surface area contributed by atoms with Gasteiger partial charge in [0.25, 0.3) is 5.91 Å². The zero-order chi connectivity index (χ0) is 20.6. The third-order valence-electron chi connectivity index (χ3n) is 4.28. The van der Waals surface area contributed by atoms with Gasteiger partial charge in [-0.2, -0.15) is 0 Å². The maximum Gasteiger partial charge on any atom is 0.270 e. The molecule has 0 unspecified atom stereocenters. The van der Waals surface area contributed by atoms with Crippen LogP contribution in [-0.2, 0) is 6.42 Å². The molecule has 2 aromatic carbocycles. The smallest absolute Gasteiger partial charge is 0.270 e. The number of nitrogens with one attached hydrogen (secondary N) is 2. The summed E-state index contributed by atoms with van der Waals surface area (Å²) in [4.78, 5) is 21.2. The topological polar surface area (TPSA) is 85.4 Å². The molecular formula is C22H24N4O3. The number of amides is 1. The van der Waals surface area contributed by atoms with Gasteiger partial charge in [-0.25, -0.2) is 9.97 Å². The Morgan fingerprint density at radius 1 is 1.00 bits per heavy atom. The molecule has 150 valence electrons. The number of hydrogen-bond donors (Lipinski definition) is 2. The lowest BCUT2D eigenvalue weighted by molar-refractivity contribution is 0.0949. The normalized spacial score (nSPS) is 10.3. The van der Waals surface area contributed by atoms with Crippen LogP contribution in [0.15, 0.2) is 54.6 Å². The van der Waals surface area contributed by atoms with E-state index in [-0.39, 0.29) is 5.91 Å². The summed E-state index contributed by atoms with van der Waals surface area (Å²) in [5.41, 5.74) is 2.83. The molecule has 2 N–H and O–H groups in total. The first kappa shape index (κ1) is 20.1. The SMILES string of the molecule is COc1ccc(Nc2nc(C)cc(C(=O)NCCc3ccccc3)n2)c(OC)c1. The predicted molar refractivity (Wildman–Crippen MR) is 112 cm³/mol. The molecule has 29 heavy (non-hydrogen) atoms. The molecule has 0 aliphatic carbocycles. The Labute approximate surface area is 170 Å². The van der Waals surface area contributed by atoms with Crippen molar-refractivity contribution >= 4 is 17.5 Å². The summed E-state index contributed by atoms with van der Waals surface area (Å²) in [7, 11) is 3.16. The number of nitrogens with zero attached hydrogens (tertiary/aromatic N) is 2. The fraction of sp³-hybridized carbons (Fsp3) is 0.227. The lowest BCUT2D eigenvalue weighted by Gasteiger charge is -2.12. The molecule has 1 amide bonds. The molecule has 0 aliphatic rings. The number of carbonyl (C=O) groups excluding carboxylic acids is 1. The Balaban J connectivity index is 1.70. The molecule has 0 saturated carbocycles. The van der Waals surface area contributed by atoms with Gasteiger partial charge in [0, 0.05) is 18.3 Å². The van der Waals surface area contributed by atoms with Gasteiger partial charge in [-0.05, 0) is 37.1 Å². The average molecular weight is 392 g/mol. The van der Waals surface area contributed by atoms with Crippen LogP contribution in [0.2, 0.25) is 0 Å². The average Bonchev–Trinajstić information content (AvgIpc) is 2.74. The van der Waals surface area contributed by atoms with E-state index >= 15 is 0 Å². The molecule has 1 aromatic heterocycles. The van der Waals surface area contributed by atoms with Gasteiger partial charge in [-0.1, -0.05) is 30.3 Å². The monoisotopic (exact) mass is 392 g/mol. The molecule has 3 rings (SSSR count). The zero-order valence-corrected chi connectivity index (χ0v) is 16.7. The van der Waals surface area contributed by atoms with Crippen molar-refractivity contribution in [2.75, 3.05) is 26.1 Å². The number of aromatic nitrogens is 2. The summed E-state index contributed by atoms with van der Waals surface area (Å²) >= 11 is 0. The second kappa shape index (κ2) is 9.54. The van der Waals surface area contributed by atoms with E-state index in [1.807, 2.05) is 43.3 Å². The zero-order valence-electron chi connectivity index (χ0n) is 16.7. The Morgan fingerprint density at radius 3 is 2.52 bits per heavy atom. The number of hydrogen-bond acceptors (Lipinski definition) is 6. The van der Waals surface area contributed by atoms with Crippen LogP contribution in [0.25, 0.3) is 0 Å². The third kappa shape index (κ3) is 5.44. The Hall–Kier alpha value is -3.61. The van der Waals surface area contributed by atoms with Crippen molar-refractivity contribution in [2.45, 2.75) is 13.3 Å². The second-order valence-electron chi connectivity index (χ2n) is 6.40. The summed E-state index contributed by atoms with van der Waals surface area (Å²) in [6.07, 6.45) is 0.755. The van der Waals surface area contributed by atoms with Gasteiger partial charge in [-0.3, -0.25) is 4.79 Å². The third-order valence-corrected chi connectivity index (χ3v) is 4.28. The van der Waals surface area contributed by atoms with Crippen LogP contribution < -0.4 is 20.1 Å². The molecule has 0 spiro atoms. The molecular weight excluding hydrogens is 368 g/mol. The molecule has 1 heterocycles. The van der Waals surface area contributed by atoms with E-state index in [1.54, 1.807) is 32.4 Å². The minimum atomic E-state index is -0.240. The van der Waals surface area contributed by atoms with E-state index in [0.717, 1.165) is 6.42 Å². The van der Waals surface area contributed by atoms with E-state index in [2.05, 4.69) is 20.6 Å². The van der Waals surface area contributed by atoms with Crippen LogP contribution in [-0.4, -0.2) is 36.6 Å².